The van der Waals surface area contributed by atoms with E-state index in [4.69, 9.17) is 9.97 Å². The first kappa shape index (κ1) is 26.7. The van der Waals surface area contributed by atoms with Gasteiger partial charge in [0.1, 0.15) is 11.0 Å². The zero-order valence-electron chi connectivity index (χ0n) is 20.7. The molecular weight excluding hydrogens is 436 g/mol. The third-order valence-electron chi connectivity index (χ3n) is 5.36. The van der Waals surface area contributed by atoms with Crippen LogP contribution in [0.3, 0.4) is 0 Å². The Morgan fingerprint density at radius 3 is 2.33 bits per heavy atom. The fraction of sp³-hybridized carbons (Fsp3) is 0.480. The smallest absolute Gasteiger partial charge is 0.237 e. The number of aryl methyl sites for hydroxylation is 1. The highest BCUT2D eigenvalue weighted by molar-refractivity contribution is 7.85. The number of carbonyl (C=O) groups excluding carboxylic acids is 1. The largest absolute Gasteiger partial charge is 0.393 e. The summed E-state index contributed by atoms with van der Waals surface area (Å²) in [6, 6.07) is 8.14. The second kappa shape index (κ2) is 12.0. The quantitative estimate of drug-likeness (QED) is 0.566. The van der Waals surface area contributed by atoms with Crippen LogP contribution in [0, 0.1) is 6.92 Å². The van der Waals surface area contributed by atoms with Crippen LogP contribution >= 0.6 is 0 Å². The number of hydrogen-bond donors (Lipinski definition) is 1. The van der Waals surface area contributed by atoms with Crippen molar-refractivity contribution in [2.45, 2.75) is 52.1 Å². The molecule has 0 spiro atoms. The summed E-state index contributed by atoms with van der Waals surface area (Å²) in [5.74, 6) is 0.458. The molecule has 0 radical (unpaired) electrons. The van der Waals surface area contributed by atoms with Gasteiger partial charge in [0.2, 0.25) is 11.9 Å². The molecule has 33 heavy (non-hydrogen) atoms. The van der Waals surface area contributed by atoms with Gasteiger partial charge in [0.25, 0.3) is 0 Å². The number of hydrogen-bond acceptors (Lipinski definition) is 5. The lowest BCUT2D eigenvalue weighted by Crippen LogP contribution is -2.26. The van der Waals surface area contributed by atoms with Crippen LogP contribution in [0.5, 0.6) is 0 Å². The molecule has 0 aliphatic heterocycles. The van der Waals surface area contributed by atoms with Gasteiger partial charge in [-0.3, -0.25) is 9.10 Å². The van der Waals surface area contributed by atoms with E-state index in [1.54, 1.807) is 31.7 Å². The van der Waals surface area contributed by atoms with Gasteiger partial charge in [0, 0.05) is 38.5 Å². The van der Waals surface area contributed by atoms with Crippen LogP contribution in [0.25, 0.3) is 17.3 Å². The minimum Gasteiger partial charge on any atom is -0.393 e. The van der Waals surface area contributed by atoms with Crippen molar-refractivity contribution in [1.82, 2.24) is 14.9 Å². The number of aromatic nitrogens is 2. The summed E-state index contributed by atoms with van der Waals surface area (Å²) in [5.41, 5.74) is 4.67. The predicted molar refractivity (Wildman–Crippen MR) is 136 cm³/mol. The van der Waals surface area contributed by atoms with E-state index in [1.807, 2.05) is 43.3 Å². The summed E-state index contributed by atoms with van der Waals surface area (Å²) in [5, 5.41) is 10.2. The van der Waals surface area contributed by atoms with Crippen LogP contribution in [0.2, 0.25) is 0 Å². The Morgan fingerprint density at radius 1 is 1.15 bits per heavy atom. The molecule has 2 aromatic rings. The Hall–Kier alpha value is -2.58. The van der Waals surface area contributed by atoms with Crippen LogP contribution < -0.4 is 4.31 Å². The van der Waals surface area contributed by atoms with Gasteiger partial charge in [-0.05, 0) is 25.7 Å². The molecule has 2 atom stereocenters. The van der Waals surface area contributed by atoms with E-state index in [0.717, 1.165) is 28.1 Å². The fourth-order valence-electron chi connectivity index (χ4n) is 3.24. The van der Waals surface area contributed by atoms with Crippen molar-refractivity contribution in [3.8, 4) is 11.3 Å². The molecule has 1 aromatic heterocycles. The van der Waals surface area contributed by atoms with Crippen molar-refractivity contribution in [3.05, 3.63) is 47.2 Å². The monoisotopic (exact) mass is 472 g/mol. The lowest BCUT2D eigenvalue weighted by Gasteiger charge is -2.20. The molecule has 7 nitrogen and oxygen atoms in total. The van der Waals surface area contributed by atoms with Gasteiger partial charge in [0.05, 0.1) is 23.9 Å². The second-order valence-electron chi connectivity index (χ2n) is 8.74. The Labute approximate surface area is 200 Å². The number of aliphatic hydroxyl groups is 1. The van der Waals surface area contributed by atoms with Crippen molar-refractivity contribution in [2.24, 2.45) is 0 Å². The molecule has 0 aliphatic carbocycles. The van der Waals surface area contributed by atoms with Crippen molar-refractivity contribution in [1.29, 1.82) is 0 Å². The Kier molecular flexibility index (Phi) is 9.73. The summed E-state index contributed by atoms with van der Waals surface area (Å²) in [6.07, 6.45) is 6.13. The summed E-state index contributed by atoms with van der Waals surface area (Å²) in [6.45, 7) is 6.18. The molecule has 0 saturated carbocycles. The molecule has 0 aliphatic rings. The van der Waals surface area contributed by atoms with Gasteiger partial charge in [-0.25, -0.2) is 14.2 Å². The molecule has 8 heteroatoms. The zero-order valence-corrected chi connectivity index (χ0v) is 21.5. The number of allylic oxidation sites excluding steroid dienone is 1. The minimum atomic E-state index is -1.25. The minimum absolute atomic E-state index is 0.0864. The Bertz CT molecular complexity index is 1000. The van der Waals surface area contributed by atoms with E-state index in [-0.39, 0.29) is 18.2 Å². The molecular formula is C25H36N4O3S. The standard InChI is InChI=1S/C25H36N4O3S/c1-17(2)23-21(11-9-8-10-20(30)16-22(31)28(4)5)24(19-14-12-18(3)13-15-19)27-25(26-23)29(6)33(7)32/h9,11-15,17,20,30H,8,10,16H2,1-7H3/b11-9+. The SMILES string of the molecule is Cc1ccc(-c2nc(N(C)S(C)=O)nc(C(C)C)c2/C=C/CCC(O)CC(=O)N(C)C)cc1. The summed E-state index contributed by atoms with van der Waals surface area (Å²) < 4.78 is 13.7. The lowest BCUT2D eigenvalue weighted by atomic mass is 9.97. The van der Waals surface area contributed by atoms with Crippen molar-refractivity contribution in [2.75, 3.05) is 31.7 Å². The average molecular weight is 473 g/mol. The van der Waals surface area contributed by atoms with E-state index in [1.165, 1.54) is 4.90 Å². The van der Waals surface area contributed by atoms with Crippen LogP contribution in [0.15, 0.2) is 30.3 Å². The number of nitrogens with zero attached hydrogens (tertiary/aromatic N) is 4. The van der Waals surface area contributed by atoms with E-state index in [9.17, 15) is 14.1 Å². The van der Waals surface area contributed by atoms with Crippen molar-refractivity contribution >= 4 is 28.9 Å². The first-order valence-corrected chi connectivity index (χ1v) is 12.6. The molecule has 2 rings (SSSR count). The average Bonchev–Trinajstić information content (AvgIpc) is 2.76. The van der Waals surface area contributed by atoms with Crippen molar-refractivity contribution < 1.29 is 14.1 Å². The third-order valence-corrected chi connectivity index (χ3v) is 6.30. The zero-order chi connectivity index (χ0) is 24.7. The number of rotatable bonds is 10. The summed E-state index contributed by atoms with van der Waals surface area (Å²) >= 11 is 0. The highest BCUT2D eigenvalue weighted by Crippen LogP contribution is 2.31. The molecule has 1 heterocycles. The molecule has 1 aromatic carbocycles. The van der Waals surface area contributed by atoms with Crippen molar-refractivity contribution in [3.63, 3.8) is 0 Å². The van der Waals surface area contributed by atoms with Gasteiger partial charge >= 0.3 is 0 Å². The van der Waals surface area contributed by atoms with E-state index >= 15 is 0 Å². The maximum Gasteiger partial charge on any atom is 0.237 e. The third kappa shape index (κ3) is 7.47. The molecule has 2 unspecified atom stereocenters. The molecule has 1 amide bonds. The highest BCUT2D eigenvalue weighted by atomic mass is 32.2. The lowest BCUT2D eigenvalue weighted by molar-refractivity contribution is -0.130. The normalized spacial score (nSPS) is 13.4. The van der Waals surface area contributed by atoms with Gasteiger partial charge in [-0.2, -0.15) is 0 Å². The highest BCUT2D eigenvalue weighted by Gasteiger charge is 2.19. The second-order valence-corrected chi connectivity index (χ2v) is 10.1. The fourth-order valence-corrected chi connectivity index (χ4v) is 3.55. The topological polar surface area (TPSA) is 86.6 Å². The van der Waals surface area contributed by atoms with Gasteiger partial charge < -0.3 is 10.0 Å². The van der Waals surface area contributed by atoms with Crippen LogP contribution in [-0.4, -0.2) is 63.6 Å². The number of carbonyl (C=O) groups is 1. The van der Waals surface area contributed by atoms with Crippen LogP contribution in [0.1, 0.15) is 55.8 Å². The molecule has 1 N–H and O–H groups in total. The van der Waals surface area contributed by atoms with Gasteiger partial charge in [-0.1, -0.05) is 55.8 Å². The van der Waals surface area contributed by atoms with Gasteiger partial charge in [0.15, 0.2) is 0 Å². The summed E-state index contributed by atoms with van der Waals surface area (Å²) in [4.78, 5) is 22.8. The molecule has 180 valence electrons. The van der Waals surface area contributed by atoms with E-state index in [0.29, 0.717) is 18.8 Å². The molecule has 0 fully saturated rings. The Morgan fingerprint density at radius 2 is 1.79 bits per heavy atom. The number of aliphatic hydroxyl groups excluding tert-OH is 1. The first-order chi connectivity index (χ1) is 15.5. The van der Waals surface area contributed by atoms with Crippen LogP contribution in [0.4, 0.5) is 5.95 Å². The van der Waals surface area contributed by atoms with Crippen LogP contribution in [-0.2, 0) is 15.8 Å². The molecule has 0 saturated heterocycles. The first-order valence-electron chi connectivity index (χ1n) is 11.1. The Balaban J connectivity index is 2.42. The maximum atomic E-state index is 12.1. The number of amides is 1. The van der Waals surface area contributed by atoms with Gasteiger partial charge in [-0.15, -0.1) is 0 Å². The maximum absolute atomic E-state index is 12.1. The van der Waals surface area contributed by atoms with E-state index in [2.05, 4.69) is 13.8 Å². The molecule has 0 bridgehead atoms. The number of benzene rings is 1. The predicted octanol–water partition coefficient (Wildman–Crippen LogP) is 3.94. The van der Waals surface area contributed by atoms with E-state index < -0.39 is 17.1 Å². The summed E-state index contributed by atoms with van der Waals surface area (Å²) in [7, 11) is 3.85. The number of anilines is 1.